The maximum Gasteiger partial charge on any atom is 0.431 e. The highest BCUT2D eigenvalue weighted by Gasteiger charge is 2.38. The lowest BCUT2D eigenvalue weighted by molar-refractivity contribution is -0.164. The number of alkyl halides is 3. The molecule has 12 heteroatoms. The molecule has 1 unspecified atom stereocenters. The molecular formula is C20H20ClF3N2O6. The summed E-state index contributed by atoms with van der Waals surface area (Å²) < 4.78 is 50.1. The average molecular weight is 477 g/mol. The van der Waals surface area contributed by atoms with Gasteiger partial charge in [0.05, 0.1) is 22.9 Å². The summed E-state index contributed by atoms with van der Waals surface area (Å²) in [5.74, 6) is -1.83. The van der Waals surface area contributed by atoms with Crippen molar-refractivity contribution in [1.29, 1.82) is 0 Å². The lowest BCUT2D eigenvalue weighted by Gasteiger charge is -2.26. The molecule has 2 aromatic rings. The van der Waals surface area contributed by atoms with Gasteiger partial charge in [-0.2, -0.15) is 13.2 Å². The fourth-order valence-electron chi connectivity index (χ4n) is 2.75. The van der Waals surface area contributed by atoms with Gasteiger partial charge in [0.1, 0.15) is 5.69 Å². The Morgan fingerprint density at radius 1 is 1.12 bits per heavy atom. The van der Waals surface area contributed by atoms with Crippen molar-refractivity contribution in [3.8, 4) is 5.69 Å². The van der Waals surface area contributed by atoms with Gasteiger partial charge in [-0.25, -0.2) is 19.0 Å². The minimum atomic E-state index is -4.92. The van der Waals surface area contributed by atoms with Crippen LogP contribution in [0.15, 0.2) is 33.9 Å². The standard InChI is InChI=1S/C20H20ClF3N2O6/c1-5-19(3,17(29)31-6-2)32-16(28)12-9-11(7-8-13(12)21)26-15(27)10-14(20(22,23)24)25(4)18(26)30/h7-10H,5-6H2,1-4H3. The molecule has 32 heavy (non-hydrogen) atoms. The number of rotatable bonds is 6. The Morgan fingerprint density at radius 3 is 2.28 bits per heavy atom. The Hall–Kier alpha value is -3.08. The molecule has 0 aliphatic rings. The van der Waals surface area contributed by atoms with Crippen LogP contribution in [0.5, 0.6) is 0 Å². The van der Waals surface area contributed by atoms with Crippen molar-refractivity contribution >= 4 is 23.5 Å². The van der Waals surface area contributed by atoms with E-state index in [0.29, 0.717) is 4.57 Å². The Bertz CT molecular complexity index is 1170. The largest absolute Gasteiger partial charge is 0.463 e. The molecule has 0 bridgehead atoms. The average Bonchev–Trinajstić information content (AvgIpc) is 2.71. The van der Waals surface area contributed by atoms with Crippen LogP contribution < -0.4 is 11.2 Å². The number of halogens is 4. The van der Waals surface area contributed by atoms with E-state index in [0.717, 1.165) is 13.1 Å². The summed E-state index contributed by atoms with van der Waals surface area (Å²) in [7, 11) is 0.859. The molecule has 8 nitrogen and oxygen atoms in total. The van der Waals surface area contributed by atoms with Gasteiger partial charge < -0.3 is 9.47 Å². The molecule has 0 saturated carbocycles. The van der Waals surface area contributed by atoms with Gasteiger partial charge in [-0.3, -0.25) is 9.36 Å². The van der Waals surface area contributed by atoms with Crippen LogP contribution in [0.1, 0.15) is 43.2 Å². The van der Waals surface area contributed by atoms with Crippen molar-refractivity contribution in [2.45, 2.75) is 39.0 Å². The van der Waals surface area contributed by atoms with E-state index >= 15 is 0 Å². The predicted octanol–water partition coefficient (Wildman–Crippen LogP) is 3.10. The first kappa shape index (κ1) is 25.2. The van der Waals surface area contributed by atoms with Gasteiger partial charge in [0.2, 0.25) is 5.60 Å². The minimum absolute atomic E-state index is 0.0579. The number of nitrogens with zero attached hydrogens (tertiary/aromatic N) is 2. The zero-order valence-electron chi connectivity index (χ0n) is 17.6. The molecule has 0 amide bonds. The lowest BCUT2D eigenvalue weighted by atomic mass is 10.0. The van der Waals surface area contributed by atoms with Crippen molar-refractivity contribution < 1.29 is 32.2 Å². The normalized spacial score (nSPS) is 13.4. The zero-order chi connectivity index (χ0) is 24.4. The smallest absolute Gasteiger partial charge is 0.431 e. The number of esters is 2. The zero-order valence-corrected chi connectivity index (χ0v) is 18.3. The summed E-state index contributed by atoms with van der Waals surface area (Å²) in [6, 6.07) is 3.63. The van der Waals surface area contributed by atoms with E-state index in [1.807, 2.05) is 0 Å². The maximum atomic E-state index is 13.1. The molecular weight excluding hydrogens is 457 g/mol. The van der Waals surface area contributed by atoms with Gasteiger partial charge in [0, 0.05) is 13.1 Å². The fraction of sp³-hybridized carbons (Fsp3) is 0.400. The molecule has 0 aliphatic carbocycles. The van der Waals surface area contributed by atoms with Gasteiger partial charge >= 0.3 is 23.8 Å². The number of benzene rings is 1. The molecule has 0 saturated heterocycles. The highest BCUT2D eigenvalue weighted by Crippen LogP contribution is 2.28. The third kappa shape index (κ3) is 4.87. The Balaban J connectivity index is 2.56. The summed E-state index contributed by atoms with van der Waals surface area (Å²) in [6.07, 6.45) is -4.84. The van der Waals surface area contributed by atoms with Crippen molar-refractivity contribution in [3.63, 3.8) is 0 Å². The maximum absolute atomic E-state index is 13.1. The Kier molecular flexibility index (Phi) is 7.23. The second kappa shape index (κ2) is 9.19. The number of carbonyl (C=O) groups excluding carboxylic acids is 2. The van der Waals surface area contributed by atoms with Crippen molar-refractivity contribution in [1.82, 2.24) is 9.13 Å². The summed E-state index contributed by atoms with van der Waals surface area (Å²) in [4.78, 5) is 49.7. The molecule has 0 fully saturated rings. The van der Waals surface area contributed by atoms with E-state index < -0.39 is 40.7 Å². The SMILES string of the molecule is CCOC(=O)C(C)(CC)OC(=O)c1cc(-n2c(=O)cc(C(F)(F)F)n(C)c2=O)ccc1Cl. The van der Waals surface area contributed by atoms with Crippen LogP contribution in [-0.2, 0) is 27.5 Å². The van der Waals surface area contributed by atoms with E-state index in [1.165, 1.54) is 19.1 Å². The third-order valence-corrected chi connectivity index (χ3v) is 5.07. The van der Waals surface area contributed by atoms with Crippen molar-refractivity contribution in [2.75, 3.05) is 6.61 Å². The second-order valence-corrected chi connectivity index (χ2v) is 7.31. The number of aromatic nitrogens is 2. The minimum Gasteiger partial charge on any atom is -0.463 e. The van der Waals surface area contributed by atoms with E-state index in [-0.39, 0.29) is 39.9 Å². The molecule has 0 aliphatic heterocycles. The van der Waals surface area contributed by atoms with E-state index in [1.54, 1.807) is 13.8 Å². The third-order valence-electron chi connectivity index (χ3n) is 4.74. The van der Waals surface area contributed by atoms with Crippen LogP contribution in [0.2, 0.25) is 5.02 Å². The van der Waals surface area contributed by atoms with E-state index in [4.69, 9.17) is 21.1 Å². The molecule has 0 spiro atoms. The summed E-state index contributed by atoms with van der Waals surface area (Å²) in [5.41, 5.74) is -6.11. The van der Waals surface area contributed by atoms with E-state index in [2.05, 4.69) is 0 Å². The first-order valence-electron chi connectivity index (χ1n) is 9.37. The predicted molar refractivity (Wildman–Crippen MR) is 108 cm³/mol. The summed E-state index contributed by atoms with van der Waals surface area (Å²) in [6.45, 7) is 4.57. The molecule has 2 rings (SSSR count). The topological polar surface area (TPSA) is 96.6 Å². The van der Waals surface area contributed by atoms with Gasteiger partial charge in [-0.15, -0.1) is 0 Å². The van der Waals surface area contributed by atoms with Crippen LogP contribution in [0, 0.1) is 0 Å². The summed E-state index contributed by atoms with van der Waals surface area (Å²) in [5, 5.41) is -0.127. The second-order valence-electron chi connectivity index (χ2n) is 6.90. The highest BCUT2D eigenvalue weighted by atomic mass is 35.5. The quantitative estimate of drug-likeness (QED) is 0.594. The molecule has 0 N–H and O–H groups in total. The van der Waals surface area contributed by atoms with Crippen LogP contribution in [-0.4, -0.2) is 33.3 Å². The fourth-order valence-corrected chi connectivity index (χ4v) is 2.94. The van der Waals surface area contributed by atoms with Crippen LogP contribution in [0.3, 0.4) is 0 Å². The lowest BCUT2D eigenvalue weighted by Crippen LogP contribution is -2.41. The van der Waals surface area contributed by atoms with Crippen LogP contribution in [0.4, 0.5) is 13.2 Å². The number of carbonyl (C=O) groups is 2. The number of hydrogen-bond acceptors (Lipinski definition) is 6. The highest BCUT2D eigenvalue weighted by molar-refractivity contribution is 6.33. The van der Waals surface area contributed by atoms with Crippen molar-refractivity contribution in [2.24, 2.45) is 7.05 Å². The Morgan fingerprint density at radius 2 is 1.75 bits per heavy atom. The molecule has 1 heterocycles. The molecule has 1 aromatic carbocycles. The first-order chi connectivity index (χ1) is 14.8. The first-order valence-corrected chi connectivity index (χ1v) is 9.75. The number of ether oxygens (including phenoxy) is 2. The van der Waals surface area contributed by atoms with Gasteiger partial charge in [-0.1, -0.05) is 18.5 Å². The molecule has 1 aromatic heterocycles. The van der Waals surface area contributed by atoms with Gasteiger partial charge in [0.15, 0.2) is 0 Å². The van der Waals surface area contributed by atoms with Crippen molar-refractivity contribution in [3.05, 3.63) is 61.4 Å². The number of hydrogen-bond donors (Lipinski definition) is 0. The molecule has 174 valence electrons. The molecule has 1 atom stereocenters. The van der Waals surface area contributed by atoms with Gasteiger partial charge in [-0.05, 0) is 38.5 Å². The summed E-state index contributed by atoms with van der Waals surface area (Å²) >= 11 is 6.05. The molecule has 0 radical (unpaired) electrons. The van der Waals surface area contributed by atoms with E-state index in [9.17, 15) is 32.3 Å². The van der Waals surface area contributed by atoms with Gasteiger partial charge in [0.25, 0.3) is 5.56 Å². The van der Waals surface area contributed by atoms with Crippen LogP contribution >= 0.6 is 11.6 Å². The monoisotopic (exact) mass is 476 g/mol. The Labute approximate surface area is 185 Å². The van der Waals surface area contributed by atoms with Crippen LogP contribution in [0.25, 0.3) is 5.69 Å².